The molecule has 2 N–H and O–H groups in total. The Morgan fingerprint density at radius 2 is 1.72 bits per heavy atom. The first-order valence-electron chi connectivity index (χ1n) is 8.72. The molecule has 0 aromatic heterocycles. The molecule has 4 heteroatoms. The van der Waals surface area contributed by atoms with Gasteiger partial charge in [-0.25, -0.2) is 0 Å². The second-order valence-electron chi connectivity index (χ2n) is 6.83. The fraction of sp³-hybridized carbons (Fsp3) is 0.333. The van der Waals surface area contributed by atoms with Gasteiger partial charge in [0.05, 0.1) is 12.1 Å². The summed E-state index contributed by atoms with van der Waals surface area (Å²) in [6, 6.07) is 15.6. The Kier molecular flexibility index (Phi) is 4.88. The minimum Gasteiger partial charge on any atom is -0.345 e. The summed E-state index contributed by atoms with van der Waals surface area (Å²) in [4.78, 5) is 24.6. The summed E-state index contributed by atoms with van der Waals surface area (Å²) in [5, 5.41) is 5.84. The molecule has 1 aliphatic rings. The second kappa shape index (κ2) is 7.09. The van der Waals surface area contributed by atoms with E-state index in [1.54, 1.807) is 6.07 Å². The van der Waals surface area contributed by atoms with Crippen molar-refractivity contribution in [3.05, 3.63) is 70.8 Å². The van der Waals surface area contributed by atoms with Gasteiger partial charge in [-0.1, -0.05) is 36.4 Å². The number of carbonyl (C=O) groups is 2. The largest absolute Gasteiger partial charge is 0.345 e. The summed E-state index contributed by atoms with van der Waals surface area (Å²) in [7, 11) is 0. The number of rotatable bonds is 5. The first-order chi connectivity index (χ1) is 12.0. The Labute approximate surface area is 148 Å². The predicted octanol–water partition coefficient (Wildman–Crippen LogP) is 3.23. The Hall–Kier alpha value is -2.62. The normalized spacial score (nSPS) is 15.1. The van der Waals surface area contributed by atoms with Crippen LogP contribution in [0.4, 0.5) is 0 Å². The zero-order chi connectivity index (χ0) is 17.9. The van der Waals surface area contributed by atoms with Crippen LogP contribution in [0, 0.1) is 13.8 Å². The Morgan fingerprint density at radius 3 is 2.32 bits per heavy atom. The predicted molar refractivity (Wildman–Crippen MR) is 98.4 cm³/mol. The van der Waals surface area contributed by atoms with E-state index in [9.17, 15) is 9.59 Å². The van der Waals surface area contributed by atoms with Gasteiger partial charge in [0.2, 0.25) is 5.91 Å². The van der Waals surface area contributed by atoms with E-state index >= 15 is 0 Å². The SMILES string of the molecule is Cc1ccc(C(=O)NCC(=O)NC2(c3ccccc3)CCC2)cc1C. The Bertz CT molecular complexity index is 780. The van der Waals surface area contributed by atoms with Crippen molar-refractivity contribution < 1.29 is 9.59 Å². The van der Waals surface area contributed by atoms with Crippen molar-refractivity contribution in [1.29, 1.82) is 0 Å². The summed E-state index contributed by atoms with van der Waals surface area (Å²) in [5.74, 6) is -0.374. The molecule has 25 heavy (non-hydrogen) atoms. The maximum absolute atomic E-state index is 12.4. The lowest BCUT2D eigenvalue weighted by molar-refractivity contribution is -0.123. The molecule has 2 aromatic rings. The van der Waals surface area contributed by atoms with Crippen LogP contribution in [0.3, 0.4) is 0 Å². The van der Waals surface area contributed by atoms with Crippen LogP contribution in [0.5, 0.6) is 0 Å². The van der Waals surface area contributed by atoms with Crippen LogP contribution < -0.4 is 10.6 Å². The van der Waals surface area contributed by atoms with Gasteiger partial charge in [-0.05, 0) is 61.9 Å². The zero-order valence-corrected chi connectivity index (χ0v) is 14.8. The molecule has 1 fully saturated rings. The molecular weight excluding hydrogens is 312 g/mol. The van der Waals surface area contributed by atoms with Gasteiger partial charge in [0.25, 0.3) is 5.91 Å². The molecule has 0 bridgehead atoms. The minimum absolute atomic E-state index is 0.0136. The van der Waals surface area contributed by atoms with E-state index in [2.05, 4.69) is 10.6 Å². The number of nitrogens with one attached hydrogen (secondary N) is 2. The van der Waals surface area contributed by atoms with Gasteiger partial charge in [-0.15, -0.1) is 0 Å². The van der Waals surface area contributed by atoms with E-state index in [0.29, 0.717) is 5.56 Å². The maximum atomic E-state index is 12.4. The average molecular weight is 336 g/mol. The molecule has 0 spiro atoms. The van der Waals surface area contributed by atoms with Gasteiger partial charge in [0.1, 0.15) is 0 Å². The smallest absolute Gasteiger partial charge is 0.251 e. The molecular formula is C21H24N2O2. The topological polar surface area (TPSA) is 58.2 Å². The van der Waals surface area contributed by atoms with Gasteiger partial charge in [0.15, 0.2) is 0 Å². The van der Waals surface area contributed by atoms with Crippen molar-refractivity contribution in [2.45, 2.75) is 38.6 Å². The van der Waals surface area contributed by atoms with Gasteiger partial charge < -0.3 is 10.6 Å². The molecule has 4 nitrogen and oxygen atoms in total. The molecule has 0 aliphatic heterocycles. The standard InChI is InChI=1S/C21H24N2O2/c1-15-9-10-17(13-16(15)2)20(25)22-14-19(24)23-21(11-6-12-21)18-7-4-3-5-8-18/h3-5,7-10,13H,6,11-12,14H2,1-2H3,(H,22,25)(H,23,24). The van der Waals surface area contributed by atoms with Crippen molar-refractivity contribution in [2.24, 2.45) is 0 Å². The minimum atomic E-state index is -0.274. The van der Waals surface area contributed by atoms with Crippen molar-refractivity contribution >= 4 is 11.8 Å². The number of benzene rings is 2. The summed E-state index contributed by atoms with van der Waals surface area (Å²) < 4.78 is 0. The fourth-order valence-corrected chi connectivity index (χ4v) is 3.23. The number of hydrogen-bond acceptors (Lipinski definition) is 2. The van der Waals surface area contributed by atoms with E-state index in [1.165, 1.54) is 0 Å². The highest BCUT2D eigenvalue weighted by molar-refractivity contribution is 5.96. The van der Waals surface area contributed by atoms with Crippen molar-refractivity contribution in [3.63, 3.8) is 0 Å². The summed E-state index contributed by atoms with van der Waals surface area (Å²) >= 11 is 0. The molecule has 1 saturated carbocycles. The molecule has 2 aromatic carbocycles. The number of hydrogen-bond donors (Lipinski definition) is 2. The summed E-state index contributed by atoms with van der Waals surface area (Å²) in [6.45, 7) is 3.96. The van der Waals surface area contributed by atoms with Crippen LogP contribution in [-0.2, 0) is 10.3 Å². The lowest BCUT2D eigenvalue weighted by Crippen LogP contribution is -2.53. The fourth-order valence-electron chi connectivity index (χ4n) is 3.23. The molecule has 130 valence electrons. The third-order valence-electron chi connectivity index (χ3n) is 5.09. The highest BCUT2D eigenvalue weighted by Gasteiger charge is 2.39. The lowest BCUT2D eigenvalue weighted by atomic mass is 9.72. The van der Waals surface area contributed by atoms with Crippen LogP contribution in [0.15, 0.2) is 48.5 Å². The quantitative estimate of drug-likeness (QED) is 0.881. The van der Waals surface area contributed by atoms with E-state index < -0.39 is 0 Å². The summed E-state index contributed by atoms with van der Waals surface area (Å²) in [6.07, 6.45) is 2.98. The molecule has 3 rings (SSSR count). The van der Waals surface area contributed by atoms with E-state index in [0.717, 1.165) is 36.0 Å². The van der Waals surface area contributed by atoms with Crippen LogP contribution in [0.2, 0.25) is 0 Å². The molecule has 2 amide bonds. The first-order valence-corrected chi connectivity index (χ1v) is 8.72. The average Bonchev–Trinajstić information content (AvgIpc) is 2.59. The van der Waals surface area contributed by atoms with Crippen LogP contribution in [0.25, 0.3) is 0 Å². The maximum Gasteiger partial charge on any atom is 0.251 e. The Morgan fingerprint density at radius 1 is 1.00 bits per heavy atom. The number of carbonyl (C=O) groups excluding carboxylic acids is 2. The number of amides is 2. The third-order valence-corrected chi connectivity index (χ3v) is 5.09. The lowest BCUT2D eigenvalue weighted by Gasteiger charge is -2.43. The molecule has 0 unspecified atom stereocenters. The van der Waals surface area contributed by atoms with Crippen LogP contribution >= 0.6 is 0 Å². The zero-order valence-electron chi connectivity index (χ0n) is 14.8. The highest BCUT2D eigenvalue weighted by atomic mass is 16.2. The van der Waals surface area contributed by atoms with Crippen LogP contribution in [0.1, 0.15) is 46.3 Å². The van der Waals surface area contributed by atoms with E-state index in [4.69, 9.17) is 0 Å². The Balaban J connectivity index is 1.59. The monoisotopic (exact) mass is 336 g/mol. The number of aryl methyl sites for hydroxylation is 2. The van der Waals surface area contributed by atoms with Crippen LogP contribution in [-0.4, -0.2) is 18.4 Å². The van der Waals surface area contributed by atoms with Gasteiger partial charge >= 0.3 is 0 Å². The van der Waals surface area contributed by atoms with Crippen molar-refractivity contribution in [3.8, 4) is 0 Å². The van der Waals surface area contributed by atoms with E-state index in [-0.39, 0.29) is 23.9 Å². The van der Waals surface area contributed by atoms with Crippen molar-refractivity contribution in [1.82, 2.24) is 10.6 Å². The van der Waals surface area contributed by atoms with Crippen molar-refractivity contribution in [2.75, 3.05) is 6.54 Å². The highest BCUT2D eigenvalue weighted by Crippen LogP contribution is 2.40. The van der Waals surface area contributed by atoms with E-state index in [1.807, 2.05) is 56.3 Å². The van der Waals surface area contributed by atoms with Gasteiger partial charge in [0, 0.05) is 5.56 Å². The molecule has 0 heterocycles. The summed E-state index contributed by atoms with van der Waals surface area (Å²) in [5.41, 5.74) is 3.65. The molecule has 0 saturated heterocycles. The second-order valence-corrected chi connectivity index (χ2v) is 6.83. The molecule has 0 radical (unpaired) electrons. The molecule has 1 aliphatic carbocycles. The third kappa shape index (κ3) is 3.73. The van der Waals surface area contributed by atoms with Gasteiger partial charge in [-0.2, -0.15) is 0 Å². The molecule has 0 atom stereocenters. The first kappa shape index (κ1) is 17.2. The van der Waals surface area contributed by atoms with Gasteiger partial charge in [-0.3, -0.25) is 9.59 Å².